The van der Waals surface area contributed by atoms with E-state index in [0.29, 0.717) is 25.5 Å². The Bertz CT molecular complexity index is 578. The van der Waals surface area contributed by atoms with Crippen LogP contribution < -0.4 is 15.4 Å². The zero-order valence-electron chi connectivity index (χ0n) is 18.2. The fraction of sp³-hybridized carbons (Fsp3) is 0.619. The number of rotatable bonds is 13. The molecule has 0 atom stereocenters. The summed E-state index contributed by atoms with van der Waals surface area (Å²) in [7, 11) is 1.65. The monoisotopic (exact) mass is 520 g/mol. The average Bonchev–Trinajstić information content (AvgIpc) is 2.72. The standard InChI is InChI=1S/C21H36N4O3.HI/c1-5-25(6-2)20(26)13-15-23-21(22-14-8-16-28-7-3)24-17-18-9-11-19(27-4)12-10-18;/h9-12H,5-8,13-17H2,1-4H3,(H2,22,23,24);1H. The molecule has 0 saturated heterocycles. The summed E-state index contributed by atoms with van der Waals surface area (Å²) in [5.74, 6) is 1.69. The average molecular weight is 520 g/mol. The lowest BCUT2D eigenvalue weighted by Crippen LogP contribution is -2.40. The number of hydrogen-bond acceptors (Lipinski definition) is 4. The largest absolute Gasteiger partial charge is 0.497 e. The van der Waals surface area contributed by atoms with Crippen molar-refractivity contribution >= 4 is 35.8 Å². The van der Waals surface area contributed by atoms with E-state index in [2.05, 4.69) is 15.6 Å². The zero-order chi connectivity index (χ0) is 20.6. The molecule has 0 spiro atoms. The van der Waals surface area contributed by atoms with Gasteiger partial charge in [0.05, 0.1) is 13.7 Å². The molecule has 0 radical (unpaired) electrons. The molecule has 1 aromatic rings. The van der Waals surface area contributed by atoms with Gasteiger partial charge in [0.15, 0.2) is 5.96 Å². The molecule has 7 nitrogen and oxygen atoms in total. The van der Waals surface area contributed by atoms with E-state index >= 15 is 0 Å². The van der Waals surface area contributed by atoms with Crippen LogP contribution in [0, 0.1) is 0 Å². The number of amides is 1. The van der Waals surface area contributed by atoms with Gasteiger partial charge in [-0.15, -0.1) is 24.0 Å². The molecule has 0 aliphatic rings. The van der Waals surface area contributed by atoms with Gasteiger partial charge in [-0.25, -0.2) is 4.99 Å². The van der Waals surface area contributed by atoms with Crippen LogP contribution in [0.15, 0.2) is 29.3 Å². The van der Waals surface area contributed by atoms with Gasteiger partial charge in [-0.1, -0.05) is 12.1 Å². The summed E-state index contributed by atoms with van der Waals surface area (Å²) in [4.78, 5) is 18.6. The number of guanidine groups is 1. The third-order valence-corrected chi connectivity index (χ3v) is 4.29. The van der Waals surface area contributed by atoms with Crippen molar-refractivity contribution in [2.24, 2.45) is 4.99 Å². The molecule has 0 bridgehead atoms. The molecule has 0 unspecified atom stereocenters. The van der Waals surface area contributed by atoms with Gasteiger partial charge < -0.3 is 25.0 Å². The van der Waals surface area contributed by atoms with Gasteiger partial charge in [0.2, 0.25) is 5.91 Å². The highest BCUT2D eigenvalue weighted by Gasteiger charge is 2.09. The molecular formula is C21H37IN4O3. The Morgan fingerprint density at radius 1 is 1.07 bits per heavy atom. The van der Waals surface area contributed by atoms with Crippen LogP contribution >= 0.6 is 24.0 Å². The Morgan fingerprint density at radius 2 is 1.72 bits per heavy atom. The van der Waals surface area contributed by atoms with Crippen molar-refractivity contribution in [3.63, 3.8) is 0 Å². The van der Waals surface area contributed by atoms with Crippen molar-refractivity contribution in [1.29, 1.82) is 0 Å². The van der Waals surface area contributed by atoms with E-state index in [9.17, 15) is 4.79 Å². The van der Waals surface area contributed by atoms with E-state index < -0.39 is 0 Å². The fourth-order valence-corrected chi connectivity index (χ4v) is 2.62. The van der Waals surface area contributed by atoms with Crippen molar-refractivity contribution in [3.8, 4) is 5.75 Å². The van der Waals surface area contributed by atoms with Gasteiger partial charge in [-0.05, 0) is 44.9 Å². The van der Waals surface area contributed by atoms with Gasteiger partial charge in [0, 0.05) is 45.8 Å². The minimum absolute atomic E-state index is 0. The van der Waals surface area contributed by atoms with Crippen LogP contribution in [0.3, 0.4) is 0 Å². The zero-order valence-corrected chi connectivity index (χ0v) is 20.5. The second kappa shape index (κ2) is 17.3. The molecule has 1 aromatic carbocycles. The predicted molar refractivity (Wildman–Crippen MR) is 129 cm³/mol. The lowest BCUT2D eigenvalue weighted by atomic mass is 10.2. The summed E-state index contributed by atoms with van der Waals surface area (Å²) in [5, 5.41) is 6.57. The summed E-state index contributed by atoms with van der Waals surface area (Å²) in [6.45, 7) is 10.8. The van der Waals surface area contributed by atoms with Crippen LogP contribution in [-0.2, 0) is 16.1 Å². The van der Waals surface area contributed by atoms with Crippen LogP contribution in [0.1, 0.15) is 39.2 Å². The Balaban J connectivity index is 0.00000784. The van der Waals surface area contributed by atoms with E-state index in [-0.39, 0.29) is 29.9 Å². The van der Waals surface area contributed by atoms with Gasteiger partial charge in [-0.3, -0.25) is 4.79 Å². The fourth-order valence-electron chi connectivity index (χ4n) is 2.62. The maximum atomic E-state index is 12.2. The Labute approximate surface area is 192 Å². The Kier molecular flexibility index (Phi) is 16.4. The van der Waals surface area contributed by atoms with E-state index in [4.69, 9.17) is 9.47 Å². The highest BCUT2D eigenvalue weighted by atomic mass is 127. The van der Waals surface area contributed by atoms with Crippen molar-refractivity contribution in [3.05, 3.63) is 29.8 Å². The van der Waals surface area contributed by atoms with Crippen molar-refractivity contribution < 1.29 is 14.3 Å². The highest BCUT2D eigenvalue weighted by molar-refractivity contribution is 14.0. The molecule has 1 rings (SSSR count). The van der Waals surface area contributed by atoms with Gasteiger partial charge in [-0.2, -0.15) is 0 Å². The third-order valence-electron chi connectivity index (χ3n) is 4.29. The van der Waals surface area contributed by atoms with E-state index in [0.717, 1.165) is 50.6 Å². The van der Waals surface area contributed by atoms with Crippen LogP contribution in [0.25, 0.3) is 0 Å². The molecule has 0 saturated carbocycles. The summed E-state index contributed by atoms with van der Waals surface area (Å²) in [6.07, 6.45) is 1.35. The lowest BCUT2D eigenvalue weighted by molar-refractivity contribution is -0.130. The van der Waals surface area contributed by atoms with E-state index in [1.165, 1.54) is 0 Å². The minimum atomic E-state index is 0. The SMILES string of the molecule is CCOCCCNC(=NCc1ccc(OC)cc1)NCCC(=O)N(CC)CC.I. The van der Waals surface area contributed by atoms with Crippen molar-refractivity contribution in [2.75, 3.05) is 46.5 Å². The topological polar surface area (TPSA) is 75.2 Å². The maximum Gasteiger partial charge on any atom is 0.224 e. The molecule has 0 aliphatic heterocycles. The first-order chi connectivity index (χ1) is 13.6. The molecule has 0 fully saturated rings. The number of benzene rings is 1. The molecule has 1 amide bonds. The number of halogens is 1. The first-order valence-electron chi connectivity index (χ1n) is 10.1. The number of aliphatic imine (C=N–C) groups is 1. The second-order valence-electron chi connectivity index (χ2n) is 6.23. The van der Waals surface area contributed by atoms with E-state index in [1.54, 1.807) is 7.11 Å². The molecule has 166 valence electrons. The molecule has 2 N–H and O–H groups in total. The summed E-state index contributed by atoms with van der Waals surface area (Å²) in [5.41, 5.74) is 1.09. The number of nitrogens with one attached hydrogen (secondary N) is 2. The number of hydrogen-bond donors (Lipinski definition) is 2. The van der Waals surface area contributed by atoms with Gasteiger partial charge in [0.25, 0.3) is 0 Å². The van der Waals surface area contributed by atoms with Gasteiger partial charge >= 0.3 is 0 Å². The van der Waals surface area contributed by atoms with Crippen LogP contribution in [0.2, 0.25) is 0 Å². The first-order valence-corrected chi connectivity index (χ1v) is 10.1. The van der Waals surface area contributed by atoms with Crippen molar-refractivity contribution in [1.82, 2.24) is 15.5 Å². The lowest BCUT2D eigenvalue weighted by Gasteiger charge is -2.19. The van der Waals surface area contributed by atoms with Gasteiger partial charge in [0.1, 0.15) is 5.75 Å². The minimum Gasteiger partial charge on any atom is -0.497 e. The first kappa shape index (κ1) is 27.5. The smallest absolute Gasteiger partial charge is 0.224 e. The summed E-state index contributed by atoms with van der Waals surface area (Å²) in [6, 6.07) is 7.85. The number of ether oxygens (including phenoxy) is 2. The summed E-state index contributed by atoms with van der Waals surface area (Å²) >= 11 is 0. The van der Waals surface area contributed by atoms with E-state index in [1.807, 2.05) is 49.9 Å². The summed E-state index contributed by atoms with van der Waals surface area (Å²) < 4.78 is 10.6. The van der Waals surface area contributed by atoms with Crippen molar-refractivity contribution in [2.45, 2.75) is 40.2 Å². The number of nitrogens with zero attached hydrogens (tertiary/aromatic N) is 2. The predicted octanol–water partition coefficient (Wildman–Crippen LogP) is 3.03. The molecule has 0 aromatic heterocycles. The molecule has 8 heteroatoms. The maximum absolute atomic E-state index is 12.2. The second-order valence-corrected chi connectivity index (χ2v) is 6.23. The molecule has 0 heterocycles. The highest BCUT2D eigenvalue weighted by Crippen LogP contribution is 2.11. The Morgan fingerprint density at radius 3 is 2.31 bits per heavy atom. The van der Waals surface area contributed by atoms with Crippen LogP contribution in [-0.4, -0.2) is 63.3 Å². The third kappa shape index (κ3) is 11.9. The Hall–Kier alpha value is -1.55. The number of methoxy groups -OCH3 is 1. The molecule has 29 heavy (non-hydrogen) atoms. The molecule has 0 aliphatic carbocycles. The normalized spacial score (nSPS) is 10.8. The quantitative estimate of drug-likeness (QED) is 0.181. The number of carbonyl (C=O) groups is 1. The number of carbonyl (C=O) groups excluding carboxylic acids is 1. The van der Waals surface area contributed by atoms with Crippen LogP contribution in [0.4, 0.5) is 0 Å². The molecular weight excluding hydrogens is 483 g/mol. The van der Waals surface area contributed by atoms with Crippen LogP contribution in [0.5, 0.6) is 5.75 Å².